The highest BCUT2D eigenvalue weighted by Crippen LogP contribution is 2.41. The van der Waals surface area contributed by atoms with Crippen LogP contribution in [0.15, 0.2) is 30.5 Å². The molecule has 0 bridgehead atoms. The second-order valence-corrected chi connectivity index (χ2v) is 4.58. The summed E-state index contributed by atoms with van der Waals surface area (Å²) in [6.07, 6.45) is 4.78. The molecule has 1 saturated carbocycles. The lowest BCUT2D eigenvalue weighted by atomic mass is 10.0. The fourth-order valence-corrected chi connectivity index (χ4v) is 2.35. The Morgan fingerprint density at radius 3 is 2.80 bits per heavy atom. The van der Waals surface area contributed by atoms with Crippen LogP contribution < -0.4 is 5.73 Å². The monoisotopic (exact) mass is 200 g/mol. The molecule has 15 heavy (non-hydrogen) atoms. The van der Waals surface area contributed by atoms with E-state index in [2.05, 4.69) is 42.1 Å². The van der Waals surface area contributed by atoms with Crippen LogP contribution in [0.4, 0.5) is 0 Å². The van der Waals surface area contributed by atoms with Crippen molar-refractivity contribution < 1.29 is 0 Å². The minimum atomic E-state index is 0.232. The third-order valence-electron chi connectivity index (χ3n) is 3.42. The first-order valence-corrected chi connectivity index (χ1v) is 5.57. The van der Waals surface area contributed by atoms with Gasteiger partial charge >= 0.3 is 0 Å². The summed E-state index contributed by atoms with van der Waals surface area (Å²) in [5, 5.41) is 1.32. The summed E-state index contributed by atoms with van der Waals surface area (Å²) < 4.78 is 2.17. The highest BCUT2D eigenvalue weighted by Gasteiger charge is 2.31. The second kappa shape index (κ2) is 3.11. The van der Waals surface area contributed by atoms with Crippen molar-refractivity contribution in [3.63, 3.8) is 0 Å². The fraction of sp³-hybridized carbons (Fsp3) is 0.385. The van der Waals surface area contributed by atoms with Gasteiger partial charge in [0.1, 0.15) is 0 Å². The molecule has 1 atom stereocenters. The Labute approximate surface area is 89.7 Å². The average Bonchev–Trinajstić information content (AvgIpc) is 3.04. The van der Waals surface area contributed by atoms with E-state index in [0.29, 0.717) is 0 Å². The molecule has 2 nitrogen and oxygen atoms in total. The lowest BCUT2D eigenvalue weighted by Gasteiger charge is -2.08. The van der Waals surface area contributed by atoms with Crippen molar-refractivity contribution in [1.29, 1.82) is 0 Å². The highest BCUT2D eigenvalue weighted by molar-refractivity contribution is 5.84. The minimum absolute atomic E-state index is 0.232. The van der Waals surface area contributed by atoms with Crippen LogP contribution in [0.5, 0.6) is 0 Å². The molecule has 3 rings (SSSR count). The zero-order valence-electron chi connectivity index (χ0n) is 8.98. The fourth-order valence-electron chi connectivity index (χ4n) is 2.35. The van der Waals surface area contributed by atoms with E-state index >= 15 is 0 Å². The van der Waals surface area contributed by atoms with Gasteiger partial charge in [-0.15, -0.1) is 0 Å². The van der Waals surface area contributed by atoms with Gasteiger partial charge in [-0.3, -0.25) is 0 Å². The highest BCUT2D eigenvalue weighted by atomic mass is 14.9. The third kappa shape index (κ3) is 1.37. The molecule has 1 aliphatic rings. The number of aryl methyl sites for hydroxylation is 1. The summed E-state index contributed by atoms with van der Waals surface area (Å²) in [7, 11) is 2.09. The maximum atomic E-state index is 6.27. The molecule has 1 unspecified atom stereocenters. The standard InChI is InChI=1S/C13H16N2/c1-15-8-11(13(14)9-6-7-9)10-4-2-3-5-12(10)15/h2-5,8-9,13H,6-7,14H2,1H3. The van der Waals surface area contributed by atoms with E-state index in [1.165, 1.54) is 29.3 Å². The number of hydrogen-bond donors (Lipinski definition) is 1. The summed E-state index contributed by atoms with van der Waals surface area (Å²) in [6, 6.07) is 8.72. The van der Waals surface area contributed by atoms with E-state index in [9.17, 15) is 0 Å². The van der Waals surface area contributed by atoms with Gasteiger partial charge in [0, 0.05) is 30.2 Å². The van der Waals surface area contributed by atoms with E-state index in [1.54, 1.807) is 0 Å². The van der Waals surface area contributed by atoms with Crippen molar-refractivity contribution in [3.8, 4) is 0 Å². The summed E-state index contributed by atoms with van der Waals surface area (Å²) in [6.45, 7) is 0. The summed E-state index contributed by atoms with van der Waals surface area (Å²) in [4.78, 5) is 0. The van der Waals surface area contributed by atoms with E-state index in [1.807, 2.05) is 0 Å². The largest absolute Gasteiger partial charge is 0.350 e. The first-order valence-electron chi connectivity index (χ1n) is 5.57. The van der Waals surface area contributed by atoms with Crippen LogP contribution in [-0.2, 0) is 7.05 Å². The molecule has 0 radical (unpaired) electrons. The lowest BCUT2D eigenvalue weighted by molar-refractivity contribution is 0.636. The van der Waals surface area contributed by atoms with Crippen molar-refractivity contribution >= 4 is 10.9 Å². The van der Waals surface area contributed by atoms with Crippen molar-refractivity contribution in [2.24, 2.45) is 18.7 Å². The number of hydrogen-bond acceptors (Lipinski definition) is 1. The van der Waals surface area contributed by atoms with Crippen molar-refractivity contribution in [2.45, 2.75) is 18.9 Å². The number of aromatic nitrogens is 1. The van der Waals surface area contributed by atoms with Gasteiger partial charge in [0.05, 0.1) is 0 Å². The number of fused-ring (bicyclic) bond motifs is 1. The Bertz CT molecular complexity index is 494. The lowest BCUT2D eigenvalue weighted by Crippen LogP contribution is -2.11. The topological polar surface area (TPSA) is 30.9 Å². The van der Waals surface area contributed by atoms with Gasteiger partial charge in [-0.2, -0.15) is 0 Å². The molecule has 0 spiro atoms. The quantitative estimate of drug-likeness (QED) is 0.793. The molecular weight excluding hydrogens is 184 g/mol. The number of nitrogens with zero attached hydrogens (tertiary/aromatic N) is 1. The van der Waals surface area contributed by atoms with Crippen LogP contribution in [0.3, 0.4) is 0 Å². The van der Waals surface area contributed by atoms with Crippen LogP contribution in [0, 0.1) is 5.92 Å². The maximum Gasteiger partial charge on any atom is 0.0481 e. The molecule has 1 aliphatic carbocycles. The Hall–Kier alpha value is -1.28. The Morgan fingerprint density at radius 1 is 1.33 bits per heavy atom. The molecule has 2 heteroatoms. The summed E-state index contributed by atoms with van der Waals surface area (Å²) >= 11 is 0. The molecule has 1 aromatic carbocycles. The Balaban J connectivity index is 2.17. The molecular formula is C13H16N2. The molecule has 0 saturated heterocycles. The van der Waals surface area contributed by atoms with Crippen molar-refractivity contribution in [1.82, 2.24) is 4.57 Å². The molecule has 1 heterocycles. The van der Waals surface area contributed by atoms with Crippen LogP contribution in [0.25, 0.3) is 10.9 Å². The van der Waals surface area contributed by atoms with Crippen molar-refractivity contribution in [3.05, 3.63) is 36.0 Å². The number of rotatable bonds is 2. The molecule has 0 amide bonds. The molecule has 78 valence electrons. The first-order chi connectivity index (χ1) is 7.27. The van der Waals surface area contributed by atoms with Crippen LogP contribution in [0.1, 0.15) is 24.4 Å². The molecule has 1 fully saturated rings. The van der Waals surface area contributed by atoms with Crippen molar-refractivity contribution in [2.75, 3.05) is 0 Å². The van der Waals surface area contributed by atoms with Gasteiger partial charge in [0.25, 0.3) is 0 Å². The Morgan fingerprint density at radius 2 is 2.07 bits per heavy atom. The Kier molecular flexibility index (Phi) is 1.86. The molecule has 0 aliphatic heterocycles. The molecule has 2 aromatic rings. The zero-order valence-corrected chi connectivity index (χ0v) is 8.98. The number of nitrogens with two attached hydrogens (primary N) is 1. The van der Waals surface area contributed by atoms with Gasteiger partial charge in [-0.1, -0.05) is 18.2 Å². The maximum absolute atomic E-state index is 6.27. The smallest absolute Gasteiger partial charge is 0.0481 e. The van der Waals surface area contributed by atoms with Crippen LogP contribution in [-0.4, -0.2) is 4.57 Å². The van der Waals surface area contributed by atoms with Gasteiger partial charge in [0.2, 0.25) is 0 Å². The SMILES string of the molecule is Cn1cc(C(N)C2CC2)c2ccccc21. The number of benzene rings is 1. The third-order valence-corrected chi connectivity index (χ3v) is 3.42. The minimum Gasteiger partial charge on any atom is -0.350 e. The summed E-state index contributed by atoms with van der Waals surface area (Å²) in [5.41, 5.74) is 8.86. The molecule has 2 N–H and O–H groups in total. The van der Waals surface area contributed by atoms with E-state index < -0.39 is 0 Å². The molecule has 1 aromatic heterocycles. The van der Waals surface area contributed by atoms with E-state index in [0.717, 1.165) is 5.92 Å². The predicted octanol–water partition coefficient (Wildman–Crippen LogP) is 2.59. The zero-order chi connectivity index (χ0) is 10.4. The number of para-hydroxylation sites is 1. The normalized spacial score (nSPS) is 18.3. The predicted molar refractivity (Wildman–Crippen MR) is 62.6 cm³/mol. The van der Waals surface area contributed by atoms with E-state index in [-0.39, 0.29) is 6.04 Å². The van der Waals surface area contributed by atoms with Gasteiger partial charge < -0.3 is 10.3 Å². The van der Waals surface area contributed by atoms with Crippen LogP contribution >= 0.6 is 0 Å². The summed E-state index contributed by atoms with van der Waals surface area (Å²) in [5.74, 6) is 0.718. The van der Waals surface area contributed by atoms with Crippen LogP contribution in [0.2, 0.25) is 0 Å². The second-order valence-electron chi connectivity index (χ2n) is 4.58. The van der Waals surface area contributed by atoms with Gasteiger partial charge in [-0.25, -0.2) is 0 Å². The average molecular weight is 200 g/mol. The van der Waals surface area contributed by atoms with Gasteiger partial charge in [0.15, 0.2) is 0 Å². The first kappa shape index (κ1) is 8.98. The van der Waals surface area contributed by atoms with E-state index in [4.69, 9.17) is 5.73 Å². The van der Waals surface area contributed by atoms with Gasteiger partial charge in [-0.05, 0) is 30.4 Å².